The number of hydrogen-bond donors (Lipinski definition) is 1. The minimum Gasteiger partial charge on any atom is -0.465 e. The monoisotopic (exact) mass is 430 g/mol. The second kappa shape index (κ2) is 9.34. The Hall–Kier alpha value is -3.80. The summed E-state index contributed by atoms with van der Waals surface area (Å²) >= 11 is 0. The number of rotatable bonds is 6. The number of nitrogens with zero attached hydrogens (tertiary/aromatic N) is 5. The van der Waals surface area contributed by atoms with Crippen molar-refractivity contribution < 1.29 is 24.0 Å². The molecule has 0 spiro atoms. The van der Waals surface area contributed by atoms with Gasteiger partial charge in [0.2, 0.25) is 11.6 Å². The van der Waals surface area contributed by atoms with Crippen molar-refractivity contribution in [2.24, 2.45) is 0 Å². The molecule has 2 aromatic rings. The SMILES string of the molecule is COC(=O)c1cc(Nc2ncnc(N3CCN(C)CC3)c2[N+](=O)[O-])cc(C(=O)OC)c1. The summed E-state index contributed by atoms with van der Waals surface area (Å²) in [6.07, 6.45) is 1.23. The van der Waals surface area contributed by atoms with Gasteiger partial charge in [-0.05, 0) is 25.2 Å². The van der Waals surface area contributed by atoms with E-state index in [2.05, 4.69) is 20.2 Å². The first-order valence-electron chi connectivity index (χ1n) is 9.35. The summed E-state index contributed by atoms with van der Waals surface area (Å²) in [6.45, 7) is 2.65. The molecular weight excluding hydrogens is 408 g/mol. The van der Waals surface area contributed by atoms with Crippen LogP contribution in [0, 0.1) is 10.1 Å². The number of anilines is 3. The van der Waals surface area contributed by atoms with Gasteiger partial charge in [-0.25, -0.2) is 19.6 Å². The summed E-state index contributed by atoms with van der Waals surface area (Å²) in [6, 6.07) is 4.12. The van der Waals surface area contributed by atoms with Gasteiger partial charge in [0.1, 0.15) is 6.33 Å². The van der Waals surface area contributed by atoms with Gasteiger partial charge in [-0.3, -0.25) is 10.1 Å². The molecule has 3 rings (SSSR count). The first-order valence-corrected chi connectivity index (χ1v) is 9.35. The van der Waals surface area contributed by atoms with Crippen LogP contribution >= 0.6 is 0 Å². The molecule has 0 bridgehead atoms. The van der Waals surface area contributed by atoms with Crippen LogP contribution in [0.15, 0.2) is 24.5 Å². The second-order valence-corrected chi connectivity index (χ2v) is 6.85. The summed E-state index contributed by atoms with van der Waals surface area (Å²) in [4.78, 5) is 47.4. The molecule has 31 heavy (non-hydrogen) atoms. The zero-order valence-electron chi connectivity index (χ0n) is 17.3. The van der Waals surface area contributed by atoms with E-state index in [1.807, 2.05) is 11.9 Å². The number of piperazine rings is 1. The Bertz CT molecular complexity index is 971. The van der Waals surface area contributed by atoms with Gasteiger partial charge < -0.3 is 24.6 Å². The lowest BCUT2D eigenvalue weighted by molar-refractivity contribution is -0.383. The van der Waals surface area contributed by atoms with Crippen LogP contribution in [0.3, 0.4) is 0 Å². The molecule has 12 nitrogen and oxygen atoms in total. The Labute approximate surface area is 177 Å². The van der Waals surface area contributed by atoms with Gasteiger partial charge >= 0.3 is 17.6 Å². The second-order valence-electron chi connectivity index (χ2n) is 6.85. The van der Waals surface area contributed by atoms with Crippen LogP contribution in [0.2, 0.25) is 0 Å². The number of aromatic nitrogens is 2. The molecule has 1 N–H and O–H groups in total. The number of nitro groups is 1. The van der Waals surface area contributed by atoms with Crippen LogP contribution < -0.4 is 10.2 Å². The highest BCUT2D eigenvalue weighted by molar-refractivity contribution is 5.97. The van der Waals surface area contributed by atoms with E-state index in [0.29, 0.717) is 13.1 Å². The Morgan fingerprint density at radius 3 is 2.13 bits per heavy atom. The third kappa shape index (κ3) is 4.86. The molecule has 0 unspecified atom stereocenters. The van der Waals surface area contributed by atoms with E-state index >= 15 is 0 Å². The van der Waals surface area contributed by atoms with E-state index in [1.165, 1.54) is 38.7 Å². The molecule has 12 heteroatoms. The number of carbonyl (C=O) groups excluding carboxylic acids is 2. The van der Waals surface area contributed by atoms with Crippen molar-refractivity contribution in [3.05, 3.63) is 45.8 Å². The van der Waals surface area contributed by atoms with Gasteiger partial charge in [0, 0.05) is 31.9 Å². The molecule has 1 aromatic carbocycles. The molecular formula is C19H22N6O6. The van der Waals surface area contributed by atoms with Gasteiger partial charge in [0.15, 0.2) is 0 Å². The maximum absolute atomic E-state index is 12.0. The minimum absolute atomic E-state index is 0.0632. The van der Waals surface area contributed by atoms with Crippen molar-refractivity contribution in [2.45, 2.75) is 0 Å². The van der Waals surface area contributed by atoms with Crippen LogP contribution in [0.1, 0.15) is 20.7 Å². The van der Waals surface area contributed by atoms with Gasteiger partial charge in [-0.15, -0.1) is 0 Å². The quantitative estimate of drug-likeness (QED) is 0.404. The number of esters is 2. The maximum Gasteiger partial charge on any atom is 0.353 e. The predicted octanol–water partition coefficient (Wildman–Crippen LogP) is 1.45. The Kier molecular flexibility index (Phi) is 6.60. The predicted molar refractivity (Wildman–Crippen MR) is 111 cm³/mol. The van der Waals surface area contributed by atoms with E-state index in [0.717, 1.165) is 13.1 Å². The highest BCUT2D eigenvalue weighted by Crippen LogP contribution is 2.34. The number of benzene rings is 1. The third-order valence-corrected chi connectivity index (χ3v) is 4.83. The molecule has 1 aliphatic rings. The smallest absolute Gasteiger partial charge is 0.353 e. The van der Waals surface area contributed by atoms with Crippen molar-refractivity contribution in [3.63, 3.8) is 0 Å². The molecule has 0 radical (unpaired) electrons. The fraction of sp³-hybridized carbons (Fsp3) is 0.368. The molecule has 0 amide bonds. The number of methoxy groups -OCH3 is 2. The van der Waals surface area contributed by atoms with Gasteiger partial charge in [0.05, 0.1) is 30.3 Å². The summed E-state index contributed by atoms with van der Waals surface area (Å²) in [7, 11) is 4.39. The normalized spacial score (nSPS) is 14.1. The minimum atomic E-state index is -0.677. The largest absolute Gasteiger partial charge is 0.465 e. The zero-order chi connectivity index (χ0) is 22.5. The molecule has 0 atom stereocenters. The zero-order valence-corrected chi connectivity index (χ0v) is 17.3. The highest BCUT2D eigenvalue weighted by Gasteiger charge is 2.29. The number of hydrogen-bond acceptors (Lipinski definition) is 11. The van der Waals surface area contributed by atoms with Crippen LogP contribution in [0.4, 0.5) is 23.0 Å². The lowest BCUT2D eigenvalue weighted by Gasteiger charge is -2.32. The number of carbonyl (C=O) groups is 2. The molecule has 1 saturated heterocycles. The summed E-state index contributed by atoms with van der Waals surface area (Å²) in [5.41, 5.74) is 0.0809. The number of likely N-dealkylation sites (N-methyl/N-ethyl adjacent to an activating group) is 1. The van der Waals surface area contributed by atoms with Crippen molar-refractivity contribution in [1.82, 2.24) is 14.9 Å². The Morgan fingerprint density at radius 1 is 1.03 bits per heavy atom. The van der Waals surface area contributed by atoms with Crippen molar-refractivity contribution in [1.29, 1.82) is 0 Å². The number of ether oxygens (including phenoxy) is 2. The van der Waals surface area contributed by atoms with E-state index in [-0.39, 0.29) is 34.1 Å². The summed E-state index contributed by atoms with van der Waals surface area (Å²) < 4.78 is 9.43. The summed E-state index contributed by atoms with van der Waals surface area (Å²) in [5.74, 6) is -1.21. The fourth-order valence-corrected chi connectivity index (χ4v) is 3.19. The van der Waals surface area contributed by atoms with Crippen molar-refractivity contribution >= 4 is 34.9 Å². The molecule has 0 aliphatic carbocycles. The molecule has 164 valence electrons. The molecule has 2 heterocycles. The van der Waals surface area contributed by atoms with E-state index < -0.39 is 16.9 Å². The number of nitrogens with one attached hydrogen (secondary N) is 1. The first-order chi connectivity index (χ1) is 14.8. The molecule has 1 aliphatic heterocycles. The molecule has 1 aromatic heterocycles. The van der Waals surface area contributed by atoms with Gasteiger partial charge in [-0.2, -0.15) is 0 Å². The van der Waals surface area contributed by atoms with E-state index in [1.54, 1.807) is 0 Å². The van der Waals surface area contributed by atoms with Crippen LogP contribution in [-0.2, 0) is 9.47 Å². The van der Waals surface area contributed by atoms with Crippen molar-refractivity contribution in [2.75, 3.05) is 57.7 Å². The average Bonchev–Trinajstić information content (AvgIpc) is 2.77. The lowest BCUT2D eigenvalue weighted by atomic mass is 10.1. The van der Waals surface area contributed by atoms with E-state index in [9.17, 15) is 19.7 Å². The Morgan fingerprint density at radius 2 is 1.61 bits per heavy atom. The summed E-state index contributed by atoms with van der Waals surface area (Å²) in [5, 5.41) is 14.7. The highest BCUT2D eigenvalue weighted by atomic mass is 16.6. The molecule has 1 fully saturated rings. The standard InChI is InChI=1S/C19H22N6O6/c1-23-4-6-24(7-5-23)17-15(25(28)29)16(20-11-21-17)22-14-9-12(18(26)30-2)8-13(10-14)19(27)31-3/h8-11H,4-7H2,1-3H3,(H,20,21,22). The molecule has 0 saturated carbocycles. The topological polar surface area (TPSA) is 140 Å². The van der Waals surface area contributed by atoms with Crippen LogP contribution in [0.25, 0.3) is 0 Å². The van der Waals surface area contributed by atoms with Crippen LogP contribution in [0.5, 0.6) is 0 Å². The average molecular weight is 430 g/mol. The lowest BCUT2D eigenvalue weighted by Crippen LogP contribution is -2.45. The van der Waals surface area contributed by atoms with E-state index in [4.69, 9.17) is 9.47 Å². The van der Waals surface area contributed by atoms with Crippen LogP contribution in [-0.4, -0.2) is 79.2 Å². The van der Waals surface area contributed by atoms with Gasteiger partial charge in [-0.1, -0.05) is 0 Å². The first kappa shape index (κ1) is 21.9. The third-order valence-electron chi connectivity index (χ3n) is 4.83. The maximum atomic E-state index is 12.0. The Balaban J connectivity index is 2.02. The van der Waals surface area contributed by atoms with Crippen molar-refractivity contribution in [3.8, 4) is 0 Å². The fourth-order valence-electron chi connectivity index (χ4n) is 3.19. The van der Waals surface area contributed by atoms with Gasteiger partial charge in [0.25, 0.3) is 0 Å².